The second-order valence-corrected chi connectivity index (χ2v) is 7.86. The number of hydrogen-bond acceptors (Lipinski definition) is 6. The van der Waals surface area contributed by atoms with Gasteiger partial charge in [-0.25, -0.2) is 4.68 Å². The lowest BCUT2D eigenvalue weighted by Crippen LogP contribution is -2.16. The molecule has 1 aliphatic rings. The van der Waals surface area contributed by atoms with Gasteiger partial charge in [0.05, 0.1) is 16.3 Å². The van der Waals surface area contributed by atoms with Crippen LogP contribution < -0.4 is 5.32 Å². The van der Waals surface area contributed by atoms with E-state index in [1.165, 1.54) is 0 Å². The normalized spacial score (nSPS) is 12.8. The zero-order chi connectivity index (χ0) is 19.6. The molecular formula is C21H19N5O2S. The smallest absolute Gasteiger partial charge is 0.227 e. The molecular weight excluding hydrogens is 386 g/mol. The molecule has 0 saturated heterocycles. The molecule has 0 atom stereocenters. The molecule has 0 radical (unpaired) electrons. The summed E-state index contributed by atoms with van der Waals surface area (Å²) in [6.45, 7) is 0. The van der Waals surface area contributed by atoms with Gasteiger partial charge in [-0.2, -0.15) is 10.1 Å². The predicted molar refractivity (Wildman–Crippen MR) is 110 cm³/mol. The SMILES string of the molecule is O=C(CCc1nc(-c2cccs2)no1)Nc1c2c(nn1-c1ccccc1)CCC2. The van der Waals surface area contributed by atoms with E-state index in [4.69, 9.17) is 9.62 Å². The fourth-order valence-corrected chi connectivity index (χ4v) is 4.20. The summed E-state index contributed by atoms with van der Waals surface area (Å²) in [4.78, 5) is 18.0. The summed E-state index contributed by atoms with van der Waals surface area (Å²) in [5.41, 5.74) is 3.15. The van der Waals surface area contributed by atoms with Crippen molar-refractivity contribution in [2.24, 2.45) is 0 Å². The topological polar surface area (TPSA) is 85.8 Å². The van der Waals surface area contributed by atoms with E-state index in [0.717, 1.165) is 46.9 Å². The number of aromatic nitrogens is 4. The number of para-hydroxylation sites is 1. The molecule has 29 heavy (non-hydrogen) atoms. The molecule has 8 heteroatoms. The second kappa shape index (κ2) is 7.63. The minimum absolute atomic E-state index is 0.0901. The first kappa shape index (κ1) is 17.8. The van der Waals surface area contributed by atoms with E-state index in [2.05, 4.69) is 15.5 Å². The highest BCUT2D eigenvalue weighted by Crippen LogP contribution is 2.31. The molecule has 1 aromatic carbocycles. The van der Waals surface area contributed by atoms with Crippen LogP contribution in [0.25, 0.3) is 16.4 Å². The summed E-state index contributed by atoms with van der Waals surface area (Å²) in [6, 6.07) is 13.8. The van der Waals surface area contributed by atoms with Crippen LogP contribution in [-0.4, -0.2) is 25.8 Å². The summed E-state index contributed by atoms with van der Waals surface area (Å²) in [6.07, 6.45) is 3.62. The average Bonchev–Trinajstić information content (AvgIpc) is 3.52. The minimum Gasteiger partial charge on any atom is -0.339 e. The van der Waals surface area contributed by atoms with E-state index >= 15 is 0 Å². The molecule has 4 aromatic rings. The Morgan fingerprint density at radius 3 is 2.90 bits per heavy atom. The lowest BCUT2D eigenvalue weighted by Gasteiger charge is -2.10. The van der Waals surface area contributed by atoms with Gasteiger partial charge in [-0.15, -0.1) is 11.3 Å². The van der Waals surface area contributed by atoms with Crippen molar-refractivity contribution in [2.75, 3.05) is 5.32 Å². The maximum absolute atomic E-state index is 12.7. The summed E-state index contributed by atoms with van der Waals surface area (Å²) in [7, 11) is 0. The van der Waals surface area contributed by atoms with Crippen molar-refractivity contribution in [3.8, 4) is 16.4 Å². The Labute approximate surface area is 171 Å². The molecule has 0 saturated carbocycles. The number of thiophene rings is 1. The van der Waals surface area contributed by atoms with E-state index in [1.54, 1.807) is 11.3 Å². The van der Waals surface area contributed by atoms with Crippen LogP contribution in [0.15, 0.2) is 52.4 Å². The quantitative estimate of drug-likeness (QED) is 0.523. The van der Waals surface area contributed by atoms with Gasteiger partial charge in [-0.3, -0.25) is 4.79 Å². The number of amides is 1. The van der Waals surface area contributed by atoms with Gasteiger partial charge in [0.15, 0.2) is 0 Å². The highest BCUT2D eigenvalue weighted by atomic mass is 32.1. The van der Waals surface area contributed by atoms with E-state index in [1.807, 2.05) is 52.5 Å². The minimum atomic E-state index is -0.0901. The molecule has 5 rings (SSSR count). The Bertz CT molecular complexity index is 1130. The van der Waals surface area contributed by atoms with Crippen LogP contribution in [0.2, 0.25) is 0 Å². The first-order chi connectivity index (χ1) is 14.3. The van der Waals surface area contributed by atoms with Gasteiger partial charge < -0.3 is 9.84 Å². The molecule has 1 aliphatic carbocycles. The molecule has 7 nitrogen and oxygen atoms in total. The third-order valence-corrected chi connectivity index (χ3v) is 5.81. The van der Waals surface area contributed by atoms with E-state index < -0.39 is 0 Å². The van der Waals surface area contributed by atoms with Crippen molar-refractivity contribution in [1.29, 1.82) is 0 Å². The van der Waals surface area contributed by atoms with Gasteiger partial charge in [0, 0.05) is 18.4 Å². The van der Waals surface area contributed by atoms with Crippen LogP contribution in [0.3, 0.4) is 0 Å². The molecule has 0 fully saturated rings. The van der Waals surface area contributed by atoms with Gasteiger partial charge in [0.25, 0.3) is 0 Å². The van der Waals surface area contributed by atoms with Crippen molar-refractivity contribution in [2.45, 2.75) is 32.1 Å². The van der Waals surface area contributed by atoms with Crippen molar-refractivity contribution in [3.63, 3.8) is 0 Å². The molecule has 0 aliphatic heterocycles. The van der Waals surface area contributed by atoms with Gasteiger partial charge in [-0.1, -0.05) is 29.4 Å². The number of nitrogens with zero attached hydrogens (tertiary/aromatic N) is 4. The Kier molecular flexibility index (Phi) is 4.69. The third-order valence-electron chi connectivity index (χ3n) is 4.94. The summed E-state index contributed by atoms with van der Waals surface area (Å²) in [5.74, 6) is 1.71. The summed E-state index contributed by atoms with van der Waals surface area (Å²) >= 11 is 1.55. The molecule has 0 bridgehead atoms. The van der Waals surface area contributed by atoms with E-state index in [-0.39, 0.29) is 12.3 Å². The van der Waals surface area contributed by atoms with Crippen LogP contribution in [0.1, 0.15) is 30.0 Å². The number of hydrogen-bond donors (Lipinski definition) is 1. The van der Waals surface area contributed by atoms with Crippen LogP contribution >= 0.6 is 11.3 Å². The lowest BCUT2D eigenvalue weighted by molar-refractivity contribution is -0.116. The number of rotatable bonds is 6. The largest absolute Gasteiger partial charge is 0.339 e. The van der Waals surface area contributed by atoms with Crippen LogP contribution in [0.4, 0.5) is 5.82 Å². The number of fused-ring (bicyclic) bond motifs is 1. The predicted octanol–water partition coefficient (Wildman–Crippen LogP) is 4.04. The van der Waals surface area contributed by atoms with Crippen molar-refractivity contribution < 1.29 is 9.32 Å². The summed E-state index contributed by atoms with van der Waals surface area (Å²) in [5, 5.41) is 13.8. The number of nitrogens with one attached hydrogen (secondary N) is 1. The maximum Gasteiger partial charge on any atom is 0.227 e. The summed E-state index contributed by atoms with van der Waals surface area (Å²) < 4.78 is 7.13. The Morgan fingerprint density at radius 1 is 1.17 bits per heavy atom. The molecule has 3 heterocycles. The fraction of sp³-hybridized carbons (Fsp3) is 0.238. The van der Waals surface area contributed by atoms with Crippen molar-refractivity contribution in [1.82, 2.24) is 19.9 Å². The maximum atomic E-state index is 12.7. The molecule has 1 amide bonds. The first-order valence-corrected chi connectivity index (χ1v) is 10.5. The molecule has 0 unspecified atom stereocenters. The van der Waals surface area contributed by atoms with E-state index in [0.29, 0.717) is 18.1 Å². The third kappa shape index (κ3) is 3.58. The molecule has 0 spiro atoms. The van der Waals surface area contributed by atoms with Gasteiger partial charge in [0.2, 0.25) is 17.6 Å². The number of carbonyl (C=O) groups excluding carboxylic acids is 1. The van der Waals surface area contributed by atoms with Crippen LogP contribution in [-0.2, 0) is 24.1 Å². The van der Waals surface area contributed by atoms with Crippen LogP contribution in [0.5, 0.6) is 0 Å². The molecule has 146 valence electrons. The Balaban J connectivity index is 1.30. The van der Waals surface area contributed by atoms with Gasteiger partial charge >= 0.3 is 0 Å². The number of anilines is 1. The van der Waals surface area contributed by atoms with Gasteiger partial charge in [-0.05, 0) is 42.8 Å². The number of carbonyl (C=O) groups is 1. The number of aryl methyl sites for hydroxylation is 2. The van der Waals surface area contributed by atoms with Crippen molar-refractivity contribution in [3.05, 3.63) is 65.0 Å². The highest BCUT2D eigenvalue weighted by Gasteiger charge is 2.24. The van der Waals surface area contributed by atoms with E-state index in [9.17, 15) is 4.79 Å². The van der Waals surface area contributed by atoms with Crippen LogP contribution in [0, 0.1) is 0 Å². The number of benzene rings is 1. The monoisotopic (exact) mass is 405 g/mol. The molecule has 1 N–H and O–H groups in total. The lowest BCUT2D eigenvalue weighted by atomic mass is 10.2. The molecule has 3 aromatic heterocycles. The Hall–Kier alpha value is -3.26. The second-order valence-electron chi connectivity index (χ2n) is 6.91. The zero-order valence-corrected chi connectivity index (χ0v) is 16.5. The average molecular weight is 405 g/mol. The fourth-order valence-electron chi connectivity index (χ4n) is 3.55. The first-order valence-electron chi connectivity index (χ1n) is 9.60. The zero-order valence-electron chi connectivity index (χ0n) is 15.7. The standard InChI is InChI=1S/C21H19N5O2S/c27-18(11-12-19-23-20(25-28-19)17-10-5-13-29-17)22-21-15-8-4-9-16(15)24-26(21)14-6-2-1-3-7-14/h1-3,5-7,10,13H,4,8-9,11-12H2,(H,22,27). The van der Waals surface area contributed by atoms with Gasteiger partial charge in [0.1, 0.15) is 5.82 Å². The Morgan fingerprint density at radius 2 is 2.07 bits per heavy atom. The highest BCUT2D eigenvalue weighted by molar-refractivity contribution is 7.13. The van der Waals surface area contributed by atoms with Crippen molar-refractivity contribution >= 4 is 23.1 Å².